The van der Waals surface area contributed by atoms with E-state index in [0.29, 0.717) is 0 Å². The van der Waals surface area contributed by atoms with Crippen LogP contribution in [0.2, 0.25) is 0 Å². The summed E-state index contributed by atoms with van der Waals surface area (Å²) in [7, 11) is 0. The maximum atomic E-state index is 8.39. The second-order valence-electron chi connectivity index (χ2n) is 10.2. The molecule has 2 aromatic heterocycles. The van der Waals surface area contributed by atoms with E-state index in [4.69, 9.17) is 10.8 Å². The molecule has 2 N–H and O–H groups in total. The van der Waals surface area contributed by atoms with Crippen molar-refractivity contribution in [3.8, 4) is 11.4 Å². The van der Waals surface area contributed by atoms with Gasteiger partial charge in [0.25, 0.3) is 0 Å². The van der Waals surface area contributed by atoms with Crippen LogP contribution in [0, 0.1) is 10.8 Å². The molecule has 0 radical (unpaired) electrons. The van der Waals surface area contributed by atoms with Crippen molar-refractivity contribution in [1.82, 2.24) is 9.13 Å². The molecule has 0 saturated carbocycles. The molecular formula is C36H24N4. The Kier molecular flexibility index (Phi) is 4.79. The highest BCUT2D eigenvalue weighted by Crippen LogP contribution is 2.38. The molecule has 0 unspecified atom stereocenters. The number of nitrogens with one attached hydrogen (secondary N) is 2. The van der Waals surface area contributed by atoms with Gasteiger partial charge in [-0.3, -0.25) is 0 Å². The molecule has 0 aliphatic rings. The van der Waals surface area contributed by atoms with Crippen LogP contribution in [0.25, 0.3) is 65.8 Å². The summed E-state index contributed by atoms with van der Waals surface area (Å²) in [5.41, 5.74) is 7.73. The van der Waals surface area contributed by atoms with E-state index >= 15 is 0 Å². The number of rotatable bonds is 4. The second-order valence-corrected chi connectivity index (χ2v) is 10.2. The van der Waals surface area contributed by atoms with E-state index in [2.05, 4.69) is 124 Å². The van der Waals surface area contributed by atoms with Gasteiger partial charge in [0.1, 0.15) is 0 Å². The Labute approximate surface area is 230 Å². The first kappa shape index (κ1) is 22.5. The van der Waals surface area contributed by atoms with Crippen molar-refractivity contribution >= 4 is 66.8 Å². The van der Waals surface area contributed by atoms with Crippen molar-refractivity contribution in [3.05, 3.63) is 132 Å². The normalized spacial score (nSPS) is 11.7. The number of nitrogens with zero attached hydrogens (tertiary/aromatic N) is 2. The molecule has 0 amide bonds. The number of benzene rings is 6. The number of aromatic nitrogens is 2. The van der Waals surface area contributed by atoms with E-state index in [9.17, 15) is 0 Å². The second kappa shape index (κ2) is 8.52. The molecule has 0 fully saturated rings. The summed E-state index contributed by atoms with van der Waals surface area (Å²) in [5.74, 6) is 0. The zero-order chi connectivity index (χ0) is 26.8. The van der Waals surface area contributed by atoms with Crippen LogP contribution in [0.1, 0.15) is 11.1 Å². The lowest BCUT2D eigenvalue weighted by Gasteiger charge is -2.18. The fourth-order valence-electron chi connectivity index (χ4n) is 6.33. The lowest BCUT2D eigenvalue weighted by molar-refractivity contribution is 1.13. The van der Waals surface area contributed by atoms with Crippen LogP contribution >= 0.6 is 0 Å². The molecule has 6 aromatic carbocycles. The Bertz CT molecular complexity index is 2260. The van der Waals surface area contributed by atoms with Gasteiger partial charge in [-0.25, -0.2) is 0 Å². The predicted octanol–water partition coefficient (Wildman–Crippen LogP) is 9.03. The molecule has 0 saturated heterocycles. The molecule has 0 bridgehead atoms. The average molecular weight is 513 g/mol. The first-order valence-electron chi connectivity index (χ1n) is 13.4. The highest BCUT2D eigenvalue weighted by molar-refractivity contribution is 6.14. The number of fused-ring (bicyclic) bond motifs is 7. The Morgan fingerprint density at radius 1 is 0.400 bits per heavy atom. The quantitative estimate of drug-likeness (QED) is 0.221. The Morgan fingerprint density at radius 2 is 0.825 bits per heavy atom. The Balaban J connectivity index is 1.54. The van der Waals surface area contributed by atoms with Gasteiger partial charge < -0.3 is 20.0 Å². The van der Waals surface area contributed by atoms with Crippen molar-refractivity contribution in [2.24, 2.45) is 0 Å². The van der Waals surface area contributed by atoms with Crippen molar-refractivity contribution in [3.63, 3.8) is 0 Å². The van der Waals surface area contributed by atoms with Gasteiger partial charge in [0, 0.05) is 45.1 Å². The van der Waals surface area contributed by atoms with Gasteiger partial charge in [0.2, 0.25) is 0 Å². The third-order valence-corrected chi connectivity index (χ3v) is 8.09. The SMILES string of the molecule is N=Cc1cc(C=N)c(-n2c3ccccc3c3cc4ccccc4cc32)cc1-n1c2ccccc2c2ccccc21. The molecular weight excluding hydrogens is 488 g/mol. The molecule has 40 heavy (non-hydrogen) atoms. The van der Waals surface area contributed by atoms with Crippen molar-refractivity contribution < 1.29 is 0 Å². The summed E-state index contributed by atoms with van der Waals surface area (Å²) in [6.07, 6.45) is 2.80. The van der Waals surface area contributed by atoms with Gasteiger partial charge in [0.05, 0.1) is 33.4 Å². The fraction of sp³-hybridized carbons (Fsp3) is 0. The zero-order valence-electron chi connectivity index (χ0n) is 21.6. The number of hydrogen-bond donors (Lipinski definition) is 2. The van der Waals surface area contributed by atoms with Crippen LogP contribution in [0.4, 0.5) is 0 Å². The van der Waals surface area contributed by atoms with Crippen LogP contribution in [0.5, 0.6) is 0 Å². The summed E-state index contributed by atoms with van der Waals surface area (Å²) >= 11 is 0. The molecule has 0 aliphatic carbocycles. The monoisotopic (exact) mass is 512 g/mol. The van der Waals surface area contributed by atoms with Crippen LogP contribution in [-0.4, -0.2) is 21.6 Å². The molecule has 0 atom stereocenters. The number of hydrogen-bond acceptors (Lipinski definition) is 2. The Morgan fingerprint density at radius 3 is 1.35 bits per heavy atom. The molecule has 2 heterocycles. The van der Waals surface area contributed by atoms with Crippen LogP contribution in [-0.2, 0) is 0 Å². The Hall–Kier alpha value is -5.48. The fourth-order valence-corrected chi connectivity index (χ4v) is 6.33. The summed E-state index contributed by atoms with van der Waals surface area (Å²) in [4.78, 5) is 0. The smallest absolute Gasteiger partial charge is 0.0571 e. The van der Waals surface area contributed by atoms with Crippen molar-refractivity contribution in [2.45, 2.75) is 0 Å². The van der Waals surface area contributed by atoms with E-state index in [0.717, 1.165) is 44.6 Å². The largest absolute Gasteiger partial charge is 0.309 e. The van der Waals surface area contributed by atoms with Gasteiger partial charge in [0.15, 0.2) is 0 Å². The minimum absolute atomic E-state index is 0.763. The van der Waals surface area contributed by atoms with Gasteiger partial charge >= 0.3 is 0 Å². The van der Waals surface area contributed by atoms with E-state index in [1.54, 1.807) is 0 Å². The first-order chi connectivity index (χ1) is 19.8. The van der Waals surface area contributed by atoms with E-state index in [-0.39, 0.29) is 0 Å². The molecule has 8 rings (SSSR count). The first-order valence-corrected chi connectivity index (χ1v) is 13.4. The summed E-state index contributed by atoms with van der Waals surface area (Å²) < 4.78 is 4.54. The predicted molar refractivity (Wildman–Crippen MR) is 168 cm³/mol. The molecule has 0 spiro atoms. The molecule has 0 aliphatic heterocycles. The van der Waals surface area contributed by atoms with Gasteiger partial charge in [-0.15, -0.1) is 0 Å². The summed E-state index contributed by atoms with van der Waals surface area (Å²) in [6.45, 7) is 0. The third kappa shape index (κ3) is 3.07. The maximum absolute atomic E-state index is 8.39. The van der Waals surface area contributed by atoms with Gasteiger partial charge in [-0.2, -0.15) is 0 Å². The third-order valence-electron chi connectivity index (χ3n) is 8.09. The summed E-state index contributed by atoms with van der Waals surface area (Å²) in [6, 6.07) is 42.4. The highest BCUT2D eigenvalue weighted by Gasteiger charge is 2.20. The van der Waals surface area contributed by atoms with Crippen LogP contribution < -0.4 is 0 Å². The number of para-hydroxylation sites is 3. The lowest BCUT2D eigenvalue weighted by atomic mass is 10.1. The molecule has 8 aromatic rings. The highest BCUT2D eigenvalue weighted by atomic mass is 15.0. The molecule has 4 heteroatoms. The minimum atomic E-state index is 0.763. The van der Waals surface area contributed by atoms with E-state index in [1.807, 2.05) is 6.07 Å². The standard InChI is InChI=1S/C36H24N4/c37-21-25-17-26(22-38)35(20-34(25)39-31-14-6-3-11-27(31)28-12-4-7-15-32(28)39)40-33-16-8-5-13-29(33)30-18-23-9-1-2-10-24(23)19-36(30)40/h1-22,37-38H. The van der Waals surface area contributed by atoms with Crippen LogP contribution in [0.15, 0.2) is 121 Å². The molecule has 188 valence electrons. The maximum Gasteiger partial charge on any atom is 0.0571 e. The summed E-state index contributed by atoms with van der Waals surface area (Å²) in [5, 5.41) is 23.8. The van der Waals surface area contributed by atoms with Crippen molar-refractivity contribution in [2.75, 3.05) is 0 Å². The zero-order valence-corrected chi connectivity index (χ0v) is 21.6. The lowest BCUT2D eigenvalue weighted by Crippen LogP contribution is -2.06. The van der Waals surface area contributed by atoms with E-state index < -0.39 is 0 Å². The topological polar surface area (TPSA) is 57.6 Å². The van der Waals surface area contributed by atoms with Gasteiger partial charge in [-0.05, 0) is 53.2 Å². The van der Waals surface area contributed by atoms with E-state index in [1.165, 1.54) is 44.7 Å². The average Bonchev–Trinajstić information content (AvgIpc) is 3.51. The van der Waals surface area contributed by atoms with Crippen LogP contribution in [0.3, 0.4) is 0 Å². The molecule has 4 nitrogen and oxygen atoms in total. The van der Waals surface area contributed by atoms with Gasteiger partial charge in [-0.1, -0.05) is 78.9 Å². The van der Waals surface area contributed by atoms with Crippen molar-refractivity contribution in [1.29, 1.82) is 10.8 Å². The minimum Gasteiger partial charge on any atom is -0.309 e.